The molecule has 3 aromatic rings. The van der Waals surface area contributed by atoms with Gasteiger partial charge in [0.25, 0.3) is 0 Å². The Kier molecular flexibility index (Phi) is 7.54. The molecule has 1 aromatic carbocycles. The zero-order valence-corrected chi connectivity index (χ0v) is 17.7. The maximum Gasteiger partial charge on any atom is 0.387 e. The number of aromatic amines is 1. The summed E-state index contributed by atoms with van der Waals surface area (Å²) < 4.78 is 52.1. The summed E-state index contributed by atoms with van der Waals surface area (Å²) in [7, 11) is 1.41. The van der Waals surface area contributed by atoms with Crippen LogP contribution >= 0.6 is 0 Å². The Bertz CT molecular complexity index is 961. The van der Waals surface area contributed by atoms with E-state index in [2.05, 4.69) is 19.7 Å². The fourth-order valence-electron chi connectivity index (χ4n) is 2.40. The van der Waals surface area contributed by atoms with Crippen molar-refractivity contribution in [2.75, 3.05) is 14.2 Å². The number of H-pyrrole nitrogens is 1. The van der Waals surface area contributed by atoms with Gasteiger partial charge in [-0.15, -0.1) is 0 Å². The first kappa shape index (κ1) is 21.5. The average Bonchev–Trinajstić information content (AvgIpc) is 3.04. The predicted molar refractivity (Wildman–Crippen MR) is 98.0 cm³/mol. The number of fused-ring (bicyclic) bond motifs is 1. The molecule has 0 spiro atoms. The zero-order valence-electron chi connectivity index (χ0n) is 14.9. The summed E-state index contributed by atoms with van der Waals surface area (Å²) in [6, 6.07) is 5.89. The first-order chi connectivity index (χ1) is 12.5. The molecule has 1 atom stereocenters. The molecule has 2 aromatic heterocycles. The molecule has 0 aliphatic carbocycles. The van der Waals surface area contributed by atoms with Crippen LogP contribution in [-0.4, -0.2) is 69.5 Å². The topological polar surface area (TPSA) is 86.3 Å². The van der Waals surface area contributed by atoms with Crippen LogP contribution in [0.1, 0.15) is 7.12 Å². The fraction of sp³-hybridized carbons (Fsp3) is 0.250. The van der Waals surface area contributed by atoms with Gasteiger partial charge in [-0.25, -0.2) is 4.98 Å². The molecule has 27 heavy (non-hydrogen) atoms. The van der Waals surface area contributed by atoms with Crippen molar-refractivity contribution < 1.29 is 28.6 Å². The minimum Gasteiger partial charge on any atom is -0.493 e. The van der Waals surface area contributed by atoms with E-state index in [4.69, 9.17) is 9.47 Å². The van der Waals surface area contributed by atoms with Gasteiger partial charge in [0.05, 0.1) is 47.5 Å². The minimum absolute atomic E-state index is 0. The summed E-state index contributed by atoms with van der Waals surface area (Å²) in [5.74, 6) is 0.908. The molecular formula is C16H17F2N3NaO4S. The quantitative estimate of drug-likeness (QED) is 0.605. The van der Waals surface area contributed by atoms with Crippen LogP contribution in [0.5, 0.6) is 17.2 Å². The van der Waals surface area contributed by atoms with Crippen LogP contribution in [0.15, 0.2) is 35.6 Å². The smallest absolute Gasteiger partial charge is 0.387 e. The van der Waals surface area contributed by atoms with Gasteiger partial charge in [-0.3, -0.25) is 9.19 Å². The summed E-state index contributed by atoms with van der Waals surface area (Å²) in [4.78, 5) is 11.3. The Balaban J connectivity index is 0.00000196. The fourth-order valence-corrected chi connectivity index (χ4v) is 3.41. The summed E-state index contributed by atoms with van der Waals surface area (Å²) in [5.41, 5.74) is 1.38. The third-order valence-electron chi connectivity index (χ3n) is 3.51. The van der Waals surface area contributed by atoms with E-state index < -0.39 is 17.4 Å². The van der Waals surface area contributed by atoms with Crippen molar-refractivity contribution in [2.24, 2.45) is 0 Å². The van der Waals surface area contributed by atoms with E-state index in [9.17, 15) is 13.0 Å². The summed E-state index contributed by atoms with van der Waals surface area (Å²) in [6.07, 6.45) is 1.53. The van der Waals surface area contributed by atoms with Crippen molar-refractivity contribution in [3.8, 4) is 17.2 Å². The van der Waals surface area contributed by atoms with Crippen LogP contribution in [0.25, 0.3) is 11.0 Å². The van der Waals surface area contributed by atoms with Gasteiger partial charge in [0, 0.05) is 49.3 Å². The second kappa shape index (κ2) is 9.45. The van der Waals surface area contributed by atoms with Crippen molar-refractivity contribution in [3.05, 3.63) is 36.2 Å². The molecule has 141 valence electrons. The number of rotatable bonds is 7. The molecule has 1 unspecified atom stereocenters. The summed E-state index contributed by atoms with van der Waals surface area (Å²) in [6.45, 7) is -2.92. The largest absolute Gasteiger partial charge is 0.493 e. The maximum absolute atomic E-state index is 12.6. The second-order valence-electron chi connectivity index (χ2n) is 5.08. The molecule has 1 N–H and O–H groups in total. The van der Waals surface area contributed by atoms with Crippen molar-refractivity contribution >= 4 is 51.4 Å². The number of hydrogen-bond donors (Lipinski definition) is 1. The molecule has 0 bridgehead atoms. The van der Waals surface area contributed by atoms with Crippen LogP contribution in [0.4, 0.5) is 8.78 Å². The van der Waals surface area contributed by atoms with Crippen LogP contribution in [0, 0.1) is 0 Å². The third kappa shape index (κ3) is 4.95. The van der Waals surface area contributed by atoms with Crippen molar-refractivity contribution in [1.29, 1.82) is 0 Å². The van der Waals surface area contributed by atoms with E-state index in [1.165, 1.54) is 38.6 Å². The number of halogens is 2. The molecule has 0 aliphatic rings. The molecule has 0 amide bonds. The molecule has 2 heterocycles. The van der Waals surface area contributed by atoms with Crippen LogP contribution in [0.2, 0.25) is 0 Å². The second-order valence-corrected chi connectivity index (χ2v) is 6.45. The number of aromatic nitrogens is 3. The summed E-state index contributed by atoms with van der Waals surface area (Å²) >= 11 is 0. The number of ether oxygens (including phenoxy) is 3. The number of alkyl halides is 2. The van der Waals surface area contributed by atoms with E-state index >= 15 is 0 Å². The van der Waals surface area contributed by atoms with Crippen LogP contribution in [-0.2, 0) is 16.6 Å². The van der Waals surface area contributed by atoms with Crippen molar-refractivity contribution in [2.45, 2.75) is 17.5 Å². The van der Waals surface area contributed by atoms with Crippen molar-refractivity contribution in [1.82, 2.24) is 15.0 Å². The molecular weight excluding hydrogens is 391 g/mol. The van der Waals surface area contributed by atoms with Gasteiger partial charge in [0.15, 0.2) is 16.7 Å². The Labute approximate surface area is 179 Å². The van der Waals surface area contributed by atoms with E-state index in [0.29, 0.717) is 28.2 Å². The number of methoxy groups -OCH3 is 2. The predicted octanol–water partition coefficient (Wildman–Crippen LogP) is 2.75. The van der Waals surface area contributed by atoms with Crippen LogP contribution < -0.4 is 14.2 Å². The van der Waals surface area contributed by atoms with E-state index in [-0.39, 0.29) is 47.6 Å². The Morgan fingerprint density at radius 2 is 2.04 bits per heavy atom. The van der Waals surface area contributed by atoms with Gasteiger partial charge in [0.2, 0.25) is 0 Å². The van der Waals surface area contributed by atoms with Gasteiger partial charge in [-0.1, -0.05) is 0 Å². The van der Waals surface area contributed by atoms with Gasteiger partial charge < -0.3 is 19.2 Å². The molecule has 1 radical (unpaired) electrons. The average molecular weight is 408 g/mol. The zero-order chi connectivity index (χ0) is 18.7. The molecule has 0 saturated heterocycles. The molecule has 11 heteroatoms. The van der Waals surface area contributed by atoms with Crippen molar-refractivity contribution in [3.63, 3.8) is 0 Å². The van der Waals surface area contributed by atoms with Crippen LogP contribution in [0.3, 0.4) is 0 Å². The van der Waals surface area contributed by atoms with E-state index in [1.54, 1.807) is 6.07 Å². The Morgan fingerprint density at radius 1 is 1.26 bits per heavy atom. The van der Waals surface area contributed by atoms with E-state index in [1.807, 2.05) is 0 Å². The molecule has 0 fully saturated rings. The summed E-state index contributed by atoms with van der Waals surface area (Å²) in [5, 5.41) is 0.195. The molecule has 7 nitrogen and oxygen atoms in total. The van der Waals surface area contributed by atoms with Gasteiger partial charge >= 0.3 is 6.61 Å². The number of nitrogens with zero attached hydrogens (tertiary/aromatic N) is 2. The number of hydrogen-bond acceptors (Lipinski definition) is 6. The first-order valence-electron chi connectivity index (χ1n) is 7.40. The number of imidazole rings is 1. The maximum atomic E-state index is 12.6. The molecule has 0 saturated carbocycles. The standard InChI is InChI=1S/C16H15F2N3O4S.Na.H2/c1-23-13-5-6-19-12(14(13)24-2)8-26(22)16-20-10-4-3-9(25-15(17)18)7-11(10)21-16;;/h3-7,15H,8H2,1-2H3,(H,20,21);;1H. The van der Waals surface area contributed by atoms with Gasteiger partial charge in [-0.05, 0) is 12.1 Å². The van der Waals surface area contributed by atoms with E-state index in [0.717, 1.165) is 0 Å². The SMILES string of the molecule is COc1ccnc(CS(=O)c2nc3ccc(OC(F)F)cc3[nH]2)c1OC.[HH].[Na]. The number of nitrogens with one attached hydrogen (secondary N) is 1. The third-order valence-corrected chi connectivity index (χ3v) is 4.67. The molecule has 3 rings (SSSR count). The van der Waals surface area contributed by atoms with Gasteiger partial charge in [-0.2, -0.15) is 8.78 Å². The Hall–Kier alpha value is -1.75. The number of pyridine rings is 1. The normalized spacial score (nSPS) is 11.9. The Morgan fingerprint density at radius 3 is 2.70 bits per heavy atom. The molecule has 0 aliphatic heterocycles. The first-order valence-corrected chi connectivity index (χ1v) is 8.72. The van der Waals surface area contributed by atoms with Gasteiger partial charge in [0.1, 0.15) is 5.75 Å². The number of benzene rings is 1. The minimum atomic E-state index is -2.92. The monoisotopic (exact) mass is 408 g/mol.